The van der Waals surface area contributed by atoms with Crippen LogP contribution in [-0.4, -0.2) is 18.0 Å². The summed E-state index contributed by atoms with van der Waals surface area (Å²) in [6.45, 7) is 1.43. The predicted molar refractivity (Wildman–Crippen MR) is 50.5 cm³/mol. The van der Waals surface area contributed by atoms with Gasteiger partial charge in [-0.05, 0) is 19.1 Å². The van der Waals surface area contributed by atoms with E-state index in [0.717, 1.165) is 0 Å². The highest BCUT2D eigenvalue weighted by molar-refractivity contribution is 5.91. The van der Waals surface area contributed by atoms with Crippen LogP contribution in [0.4, 0.5) is 0 Å². The summed E-state index contributed by atoms with van der Waals surface area (Å²) < 4.78 is 4.78. The molecule has 1 atom stereocenters. The van der Waals surface area contributed by atoms with Gasteiger partial charge in [0.1, 0.15) is 0 Å². The first-order valence-corrected chi connectivity index (χ1v) is 4.16. The molecule has 0 fully saturated rings. The highest BCUT2D eigenvalue weighted by Gasteiger charge is 2.15. The average Bonchev–Trinajstić information content (AvgIpc) is 2.19. The standard InChI is InChI=1S/C10H11NO3/c1-7(9(11)12)14-10(13)8-5-3-2-4-6-8/h2-7H,1H3,(H2,11,12)/t7-/m1/s1. The van der Waals surface area contributed by atoms with Crippen LogP contribution in [0.25, 0.3) is 0 Å². The molecule has 0 aromatic heterocycles. The first-order chi connectivity index (χ1) is 6.61. The second kappa shape index (κ2) is 4.41. The van der Waals surface area contributed by atoms with Crippen molar-refractivity contribution in [3.05, 3.63) is 35.9 Å². The smallest absolute Gasteiger partial charge is 0.338 e. The minimum Gasteiger partial charge on any atom is -0.449 e. The lowest BCUT2D eigenvalue weighted by Crippen LogP contribution is -2.30. The van der Waals surface area contributed by atoms with E-state index in [2.05, 4.69) is 0 Å². The fourth-order valence-corrected chi connectivity index (χ4v) is 0.861. The summed E-state index contributed by atoms with van der Waals surface area (Å²) in [6, 6.07) is 8.43. The van der Waals surface area contributed by atoms with Crippen molar-refractivity contribution in [1.29, 1.82) is 0 Å². The highest BCUT2D eigenvalue weighted by atomic mass is 16.5. The zero-order valence-electron chi connectivity index (χ0n) is 7.77. The number of ether oxygens (including phenoxy) is 1. The van der Waals surface area contributed by atoms with Gasteiger partial charge >= 0.3 is 5.97 Å². The monoisotopic (exact) mass is 193 g/mol. The molecule has 0 saturated carbocycles. The molecule has 1 aromatic carbocycles. The molecule has 1 rings (SSSR count). The van der Waals surface area contributed by atoms with E-state index in [4.69, 9.17) is 10.5 Å². The molecule has 0 aliphatic heterocycles. The Morgan fingerprint density at radius 1 is 1.29 bits per heavy atom. The maximum Gasteiger partial charge on any atom is 0.338 e. The molecule has 0 saturated heterocycles. The van der Waals surface area contributed by atoms with Gasteiger partial charge in [-0.25, -0.2) is 4.79 Å². The molecule has 0 heterocycles. The quantitative estimate of drug-likeness (QED) is 0.719. The summed E-state index contributed by atoms with van der Waals surface area (Å²) in [5.74, 6) is -1.20. The summed E-state index contributed by atoms with van der Waals surface area (Å²) in [5, 5.41) is 0. The van der Waals surface area contributed by atoms with Crippen molar-refractivity contribution < 1.29 is 14.3 Å². The van der Waals surface area contributed by atoms with Gasteiger partial charge in [0.15, 0.2) is 6.10 Å². The summed E-state index contributed by atoms with van der Waals surface area (Å²) in [6.07, 6.45) is -0.900. The van der Waals surface area contributed by atoms with Crippen LogP contribution in [0.3, 0.4) is 0 Å². The molecule has 0 radical (unpaired) electrons. The third-order valence-corrected chi connectivity index (χ3v) is 1.69. The SMILES string of the molecule is C[C@@H](OC(=O)c1ccccc1)C(N)=O. The average molecular weight is 193 g/mol. The number of primary amides is 1. The molecule has 0 spiro atoms. The Morgan fingerprint density at radius 2 is 1.86 bits per heavy atom. The van der Waals surface area contributed by atoms with Gasteiger partial charge in [0, 0.05) is 0 Å². The fourth-order valence-electron chi connectivity index (χ4n) is 0.861. The van der Waals surface area contributed by atoms with Crippen molar-refractivity contribution in [3.63, 3.8) is 0 Å². The van der Waals surface area contributed by atoms with Gasteiger partial charge in [0.25, 0.3) is 5.91 Å². The van der Waals surface area contributed by atoms with Gasteiger partial charge in [-0.1, -0.05) is 18.2 Å². The van der Waals surface area contributed by atoms with Crippen LogP contribution in [0.5, 0.6) is 0 Å². The van der Waals surface area contributed by atoms with E-state index in [1.54, 1.807) is 30.3 Å². The first-order valence-electron chi connectivity index (χ1n) is 4.16. The van der Waals surface area contributed by atoms with Gasteiger partial charge in [-0.2, -0.15) is 0 Å². The summed E-state index contributed by atoms with van der Waals surface area (Å²) in [5.41, 5.74) is 5.35. The van der Waals surface area contributed by atoms with Gasteiger partial charge in [-0.15, -0.1) is 0 Å². The molecular weight excluding hydrogens is 182 g/mol. The number of hydrogen-bond acceptors (Lipinski definition) is 3. The summed E-state index contributed by atoms with van der Waals surface area (Å²) in [7, 11) is 0. The zero-order valence-corrected chi connectivity index (χ0v) is 7.77. The minimum atomic E-state index is -0.900. The molecule has 0 unspecified atom stereocenters. The van der Waals surface area contributed by atoms with Crippen molar-refractivity contribution in [1.82, 2.24) is 0 Å². The molecule has 0 aliphatic rings. The maximum absolute atomic E-state index is 11.3. The maximum atomic E-state index is 11.3. The van der Waals surface area contributed by atoms with Crippen LogP contribution < -0.4 is 5.73 Å². The van der Waals surface area contributed by atoms with Crippen molar-refractivity contribution in [3.8, 4) is 0 Å². The number of amides is 1. The summed E-state index contributed by atoms with van der Waals surface area (Å²) in [4.78, 5) is 21.9. The molecule has 0 bridgehead atoms. The molecule has 1 amide bonds. The molecule has 4 heteroatoms. The molecule has 2 N–H and O–H groups in total. The minimum absolute atomic E-state index is 0.403. The van der Waals surface area contributed by atoms with Crippen molar-refractivity contribution in [2.75, 3.05) is 0 Å². The fraction of sp³-hybridized carbons (Fsp3) is 0.200. The molecule has 1 aromatic rings. The van der Waals surface area contributed by atoms with Crippen molar-refractivity contribution >= 4 is 11.9 Å². The molecule has 14 heavy (non-hydrogen) atoms. The Balaban J connectivity index is 2.64. The third-order valence-electron chi connectivity index (χ3n) is 1.69. The van der Waals surface area contributed by atoms with Crippen LogP contribution in [0.1, 0.15) is 17.3 Å². The van der Waals surface area contributed by atoms with E-state index in [0.29, 0.717) is 5.56 Å². The van der Waals surface area contributed by atoms with Crippen molar-refractivity contribution in [2.24, 2.45) is 5.73 Å². The van der Waals surface area contributed by atoms with Gasteiger partial charge in [0.2, 0.25) is 0 Å². The largest absolute Gasteiger partial charge is 0.449 e. The Morgan fingerprint density at radius 3 is 2.36 bits per heavy atom. The second-order valence-corrected chi connectivity index (χ2v) is 2.82. The lowest BCUT2D eigenvalue weighted by atomic mass is 10.2. The van der Waals surface area contributed by atoms with Gasteiger partial charge in [-0.3, -0.25) is 4.79 Å². The Labute approximate surface area is 81.7 Å². The number of carbonyl (C=O) groups is 2. The molecule has 74 valence electrons. The number of rotatable bonds is 3. The predicted octanol–water partition coefficient (Wildman–Crippen LogP) is 0.717. The first kappa shape index (κ1) is 10.2. The Hall–Kier alpha value is -1.84. The lowest BCUT2D eigenvalue weighted by molar-refractivity contribution is -0.125. The van der Waals surface area contributed by atoms with E-state index in [1.165, 1.54) is 6.92 Å². The Kier molecular flexibility index (Phi) is 3.23. The van der Waals surface area contributed by atoms with Crippen LogP contribution in [0, 0.1) is 0 Å². The number of benzene rings is 1. The normalized spacial score (nSPS) is 11.8. The van der Waals surface area contributed by atoms with E-state index in [9.17, 15) is 9.59 Å². The van der Waals surface area contributed by atoms with E-state index >= 15 is 0 Å². The second-order valence-electron chi connectivity index (χ2n) is 2.82. The molecular formula is C10H11NO3. The van der Waals surface area contributed by atoms with Crippen LogP contribution in [-0.2, 0) is 9.53 Å². The van der Waals surface area contributed by atoms with Crippen molar-refractivity contribution in [2.45, 2.75) is 13.0 Å². The van der Waals surface area contributed by atoms with Gasteiger partial charge < -0.3 is 10.5 Å². The van der Waals surface area contributed by atoms with E-state index < -0.39 is 18.0 Å². The van der Waals surface area contributed by atoms with E-state index in [1.807, 2.05) is 0 Å². The summed E-state index contributed by atoms with van der Waals surface area (Å²) >= 11 is 0. The van der Waals surface area contributed by atoms with E-state index in [-0.39, 0.29) is 0 Å². The number of carbonyl (C=O) groups excluding carboxylic acids is 2. The highest BCUT2D eigenvalue weighted by Crippen LogP contribution is 2.03. The van der Waals surface area contributed by atoms with Gasteiger partial charge in [0.05, 0.1) is 5.56 Å². The van der Waals surface area contributed by atoms with Crippen LogP contribution >= 0.6 is 0 Å². The number of esters is 1. The molecule has 0 aliphatic carbocycles. The zero-order chi connectivity index (χ0) is 10.6. The van der Waals surface area contributed by atoms with Crippen LogP contribution in [0.2, 0.25) is 0 Å². The topological polar surface area (TPSA) is 69.4 Å². The Bertz CT molecular complexity index is 334. The third kappa shape index (κ3) is 2.58. The van der Waals surface area contributed by atoms with Crippen LogP contribution in [0.15, 0.2) is 30.3 Å². The lowest BCUT2D eigenvalue weighted by Gasteiger charge is -2.08. The molecule has 4 nitrogen and oxygen atoms in total. The number of nitrogens with two attached hydrogens (primary N) is 1. The number of hydrogen-bond donors (Lipinski definition) is 1.